The van der Waals surface area contributed by atoms with Crippen LogP contribution in [-0.4, -0.2) is 75.1 Å². The molecule has 2 aromatic rings. The molecule has 0 aliphatic carbocycles. The Morgan fingerprint density at radius 3 is 2.11 bits per heavy atom. The van der Waals surface area contributed by atoms with Crippen LogP contribution in [-0.2, 0) is 21.4 Å². The maximum absolute atomic E-state index is 12.6. The Bertz CT molecular complexity index is 1030. The number of carbonyl (C=O) groups excluding carboxylic acids is 1. The van der Waals surface area contributed by atoms with Crippen molar-refractivity contribution in [3.8, 4) is 0 Å². The fourth-order valence-corrected chi connectivity index (χ4v) is 6.10. The zero-order valence-corrected chi connectivity index (χ0v) is 21.5. The molecule has 8 heteroatoms. The zero-order chi connectivity index (χ0) is 24.7. The number of anilines is 1. The lowest BCUT2D eigenvalue weighted by Crippen LogP contribution is -2.49. The fraction of sp³-hybridized carbons (Fsp3) is 0.519. The van der Waals surface area contributed by atoms with Crippen LogP contribution in [0.25, 0.3) is 0 Å². The molecule has 4 rings (SSSR count). The summed E-state index contributed by atoms with van der Waals surface area (Å²) in [6, 6.07) is 20.8. The highest BCUT2D eigenvalue weighted by atomic mass is 32.2. The van der Waals surface area contributed by atoms with Crippen molar-refractivity contribution in [1.82, 2.24) is 14.5 Å². The van der Waals surface area contributed by atoms with Gasteiger partial charge in [-0.05, 0) is 56.5 Å². The standard InChI is InChI=1S/C27H38N4O3S/c1-35(33,34)30-18-14-26(15-19-30)31(25-10-6-3-7-11-25)21-20-29-16-12-24(13-17-29)27(32)28-22-23-8-4-2-5-9-23/h2-11,24,26H,12-22H2,1H3,(H,28,32). The van der Waals surface area contributed by atoms with Gasteiger partial charge in [0, 0.05) is 50.4 Å². The lowest BCUT2D eigenvalue weighted by Gasteiger charge is -2.40. The summed E-state index contributed by atoms with van der Waals surface area (Å²) in [7, 11) is -3.13. The summed E-state index contributed by atoms with van der Waals surface area (Å²) < 4.78 is 25.5. The molecule has 0 radical (unpaired) electrons. The van der Waals surface area contributed by atoms with Crippen LogP contribution in [0.1, 0.15) is 31.2 Å². The highest BCUT2D eigenvalue weighted by Crippen LogP contribution is 2.25. The average Bonchev–Trinajstić information content (AvgIpc) is 2.89. The van der Waals surface area contributed by atoms with Crippen LogP contribution >= 0.6 is 0 Å². The second-order valence-electron chi connectivity index (χ2n) is 9.74. The minimum Gasteiger partial charge on any atom is -0.367 e. The summed E-state index contributed by atoms with van der Waals surface area (Å²) in [6.45, 7) is 5.45. The minimum absolute atomic E-state index is 0.0838. The molecule has 7 nitrogen and oxygen atoms in total. The molecule has 0 bridgehead atoms. The third kappa shape index (κ3) is 7.29. The van der Waals surface area contributed by atoms with Crippen molar-refractivity contribution >= 4 is 21.6 Å². The summed E-state index contributed by atoms with van der Waals surface area (Å²) in [5.41, 5.74) is 2.32. The van der Waals surface area contributed by atoms with Crippen LogP contribution in [0.15, 0.2) is 60.7 Å². The summed E-state index contributed by atoms with van der Waals surface area (Å²) in [5, 5.41) is 3.10. The fourth-order valence-electron chi connectivity index (χ4n) is 5.22. The van der Waals surface area contributed by atoms with Gasteiger partial charge in [-0.1, -0.05) is 48.5 Å². The van der Waals surface area contributed by atoms with Crippen LogP contribution < -0.4 is 10.2 Å². The monoisotopic (exact) mass is 498 g/mol. The first-order chi connectivity index (χ1) is 16.9. The highest BCUT2D eigenvalue weighted by Gasteiger charge is 2.30. The first-order valence-corrected chi connectivity index (χ1v) is 14.6. The maximum atomic E-state index is 12.6. The maximum Gasteiger partial charge on any atom is 0.223 e. The zero-order valence-electron chi connectivity index (χ0n) is 20.7. The Labute approximate surface area is 210 Å². The van der Waals surface area contributed by atoms with Crippen molar-refractivity contribution in [2.45, 2.75) is 38.3 Å². The first-order valence-electron chi connectivity index (χ1n) is 12.7. The largest absolute Gasteiger partial charge is 0.367 e. The van der Waals surface area contributed by atoms with E-state index in [0.717, 1.165) is 57.4 Å². The Morgan fingerprint density at radius 1 is 0.914 bits per heavy atom. The van der Waals surface area contributed by atoms with E-state index in [4.69, 9.17) is 0 Å². The second-order valence-corrected chi connectivity index (χ2v) is 11.7. The number of carbonyl (C=O) groups is 1. The molecule has 0 unspecified atom stereocenters. The third-order valence-electron chi connectivity index (χ3n) is 7.35. The molecule has 0 atom stereocenters. The van der Waals surface area contributed by atoms with Crippen LogP contribution in [0, 0.1) is 5.92 Å². The number of piperidine rings is 2. The summed E-state index contributed by atoms with van der Waals surface area (Å²) >= 11 is 0. The molecule has 0 spiro atoms. The van der Waals surface area contributed by atoms with Gasteiger partial charge in [-0.15, -0.1) is 0 Å². The number of hydrogen-bond acceptors (Lipinski definition) is 5. The van der Waals surface area contributed by atoms with Crippen LogP contribution in [0.2, 0.25) is 0 Å². The molecule has 1 N–H and O–H groups in total. The van der Waals surface area contributed by atoms with E-state index in [0.29, 0.717) is 25.7 Å². The molecule has 2 fully saturated rings. The molecule has 2 aliphatic rings. The van der Waals surface area contributed by atoms with Gasteiger partial charge in [-0.25, -0.2) is 12.7 Å². The topological polar surface area (TPSA) is 73.0 Å². The van der Waals surface area contributed by atoms with E-state index < -0.39 is 10.0 Å². The molecule has 35 heavy (non-hydrogen) atoms. The normalized spacial score (nSPS) is 18.9. The predicted octanol–water partition coefficient (Wildman–Crippen LogP) is 2.95. The molecule has 2 aromatic carbocycles. The number of para-hydroxylation sites is 1. The van der Waals surface area contributed by atoms with E-state index in [1.807, 2.05) is 36.4 Å². The van der Waals surface area contributed by atoms with Gasteiger partial charge in [0.25, 0.3) is 0 Å². The number of nitrogens with zero attached hydrogens (tertiary/aromatic N) is 3. The summed E-state index contributed by atoms with van der Waals surface area (Å²) in [6.07, 6.45) is 4.75. The molecule has 2 saturated heterocycles. The van der Waals surface area contributed by atoms with E-state index in [1.54, 1.807) is 4.31 Å². The van der Waals surface area contributed by atoms with Gasteiger partial charge in [0.15, 0.2) is 0 Å². The molecule has 0 saturated carbocycles. The van der Waals surface area contributed by atoms with Gasteiger partial charge < -0.3 is 15.1 Å². The number of likely N-dealkylation sites (tertiary alicyclic amines) is 1. The highest BCUT2D eigenvalue weighted by molar-refractivity contribution is 7.88. The van der Waals surface area contributed by atoms with E-state index in [-0.39, 0.29) is 11.8 Å². The molecule has 2 heterocycles. The number of nitrogens with one attached hydrogen (secondary N) is 1. The Balaban J connectivity index is 1.27. The molecular weight excluding hydrogens is 460 g/mol. The number of benzene rings is 2. The number of sulfonamides is 1. The van der Waals surface area contributed by atoms with Gasteiger partial charge in [-0.3, -0.25) is 4.79 Å². The summed E-state index contributed by atoms with van der Waals surface area (Å²) in [4.78, 5) is 17.6. The quantitative estimate of drug-likeness (QED) is 0.576. The molecule has 190 valence electrons. The molecule has 0 aromatic heterocycles. The van der Waals surface area contributed by atoms with Crippen molar-refractivity contribution in [1.29, 1.82) is 0 Å². The smallest absolute Gasteiger partial charge is 0.223 e. The summed E-state index contributed by atoms with van der Waals surface area (Å²) in [5.74, 6) is 0.248. The van der Waals surface area contributed by atoms with Gasteiger partial charge >= 0.3 is 0 Å². The van der Waals surface area contributed by atoms with Crippen molar-refractivity contribution in [2.75, 3.05) is 50.4 Å². The van der Waals surface area contributed by atoms with E-state index in [1.165, 1.54) is 11.9 Å². The lowest BCUT2D eigenvalue weighted by molar-refractivity contribution is -0.126. The van der Waals surface area contributed by atoms with Crippen molar-refractivity contribution < 1.29 is 13.2 Å². The van der Waals surface area contributed by atoms with Crippen molar-refractivity contribution in [2.24, 2.45) is 5.92 Å². The van der Waals surface area contributed by atoms with Gasteiger partial charge in [-0.2, -0.15) is 0 Å². The van der Waals surface area contributed by atoms with Crippen LogP contribution in [0.3, 0.4) is 0 Å². The van der Waals surface area contributed by atoms with E-state index in [9.17, 15) is 13.2 Å². The minimum atomic E-state index is -3.13. The van der Waals surface area contributed by atoms with Gasteiger partial charge in [0.2, 0.25) is 15.9 Å². The van der Waals surface area contributed by atoms with Crippen molar-refractivity contribution in [3.05, 3.63) is 66.2 Å². The van der Waals surface area contributed by atoms with E-state index >= 15 is 0 Å². The number of rotatable bonds is 9. The predicted molar refractivity (Wildman–Crippen MR) is 141 cm³/mol. The second kappa shape index (κ2) is 12.0. The van der Waals surface area contributed by atoms with Gasteiger partial charge in [0.05, 0.1) is 6.26 Å². The Hall–Kier alpha value is -2.42. The average molecular weight is 499 g/mol. The number of amides is 1. The SMILES string of the molecule is CS(=O)(=O)N1CCC(N(CCN2CCC(C(=O)NCc3ccccc3)CC2)c2ccccc2)CC1. The Morgan fingerprint density at radius 2 is 1.51 bits per heavy atom. The Kier molecular flexibility index (Phi) is 8.81. The molecular formula is C27H38N4O3S. The molecule has 1 amide bonds. The van der Waals surface area contributed by atoms with Crippen LogP contribution in [0.5, 0.6) is 0 Å². The van der Waals surface area contributed by atoms with E-state index in [2.05, 4.69) is 39.4 Å². The first kappa shape index (κ1) is 25.7. The van der Waals surface area contributed by atoms with Crippen LogP contribution in [0.4, 0.5) is 5.69 Å². The lowest BCUT2D eigenvalue weighted by atomic mass is 9.95. The number of hydrogen-bond donors (Lipinski definition) is 1. The third-order valence-corrected chi connectivity index (χ3v) is 8.65. The molecule has 2 aliphatic heterocycles. The van der Waals surface area contributed by atoms with Gasteiger partial charge in [0.1, 0.15) is 0 Å². The van der Waals surface area contributed by atoms with Crippen molar-refractivity contribution in [3.63, 3.8) is 0 Å².